The third kappa shape index (κ3) is 6.69. The molecule has 0 unspecified atom stereocenters. The molecule has 5 nitrogen and oxygen atoms in total. The van der Waals surface area contributed by atoms with Gasteiger partial charge in [-0.15, -0.1) is 0 Å². The van der Waals surface area contributed by atoms with E-state index in [1.54, 1.807) is 24.3 Å². The number of halogens is 2. The van der Waals surface area contributed by atoms with Gasteiger partial charge in [-0.25, -0.2) is 0 Å². The maximum absolute atomic E-state index is 12.1. The van der Waals surface area contributed by atoms with Gasteiger partial charge < -0.3 is 15.4 Å². The highest BCUT2D eigenvalue weighted by atomic mass is 19.3. The van der Waals surface area contributed by atoms with Crippen molar-refractivity contribution in [1.82, 2.24) is 10.6 Å². The highest BCUT2D eigenvalue weighted by molar-refractivity contribution is 5.96. The van der Waals surface area contributed by atoms with E-state index in [2.05, 4.69) is 15.4 Å². The van der Waals surface area contributed by atoms with Crippen LogP contribution >= 0.6 is 0 Å². The second-order valence-electron chi connectivity index (χ2n) is 6.10. The Morgan fingerprint density at radius 2 is 1.70 bits per heavy atom. The molecule has 2 aromatic rings. The molecule has 0 saturated heterocycles. The molecule has 0 spiro atoms. The first-order valence-corrected chi connectivity index (χ1v) is 8.51. The highest BCUT2D eigenvalue weighted by Crippen LogP contribution is 2.15. The highest BCUT2D eigenvalue weighted by Gasteiger charge is 2.09. The third-order valence-electron chi connectivity index (χ3n) is 4.06. The largest absolute Gasteiger partial charge is 0.435 e. The number of benzene rings is 2. The van der Waals surface area contributed by atoms with E-state index in [-0.39, 0.29) is 24.1 Å². The second kappa shape index (κ2) is 9.66. The molecular weight excluding hydrogens is 354 g/mol. The van der Waals surface area contributed by atoms with Gasteiger partial charge >= 0.3 is 6.61 Å². The molecule has 0 aliphatic heterocycles. The molecule has 7 heteroatoms. The minimum Gasteiger partial charge on any atom is -0.435 e. The Morgan fingerprint density at radius 1 is 1.00 bits per heavy atom. The van der Waals surface area contributed by atoms with Gasteiger partial charge in [-0.3, -0.25) is 9.59 Å². The normalized spacial score (nSPS) is 10.6. The van der Waals surface area contributed by atoms with E-state index in [9.17, 15) is 18.4 Å². The molecule has 0 fully saturated rings. The van der Waals surface area contributed by atoms with E-state index >= 15 is 0 Å². The van der Waals surface area contributed by atoms with Gasteiger partial charge in [-0.05, 0) is 61.2 Å². The Bertz CT molecular complexity index is 792. The van der Waals surface area contributed by atoms with E-state index in [4.69, 9.17) is 0 Å². The van der Waals surface area contributed by atoms with Crippen molar-refractivity contribution in [1.29, 1.82) is 0 Å². The van der Waals surface area contributed by atoms with E-state index in [1.807, 2.05) is 19.9 Å². The first kappa shape index (κ1) is 20.4. The fraction of sp³-hybridized carbons (Fsp3) is 0.300. The molecular formula is C20H22F2N2O3. The molecule has 0 radical (unpaired) electrons. The number of rotatable bonds is 8. The third-order valence-corrected chi connectivity index (χ3v) is 4.06. The quantitative estimate of drug-likeness (QED) is 0.744. The van der Waals surface area contributed by atoms with Gasteiger partial charge in [0.25, 0.3) is 5.91 Å². The summed E-state index contributed by atoms with van der Waals surface area (Å²) in [5.41, 5.74) is 3.49. The van der Waals surface area contributed by atoms with Crippen LogP contribution in [0.3, 0.4) is 0 Å². The average Bonchev–Trinajstić information content (AvgIpc) is 2.63. The van der Waals surface area contributed by atoms with Crippen molar-refractivity contribution >= 4 is 11.8 Å². The van der Waals surface area contributed by atoms with Gasteiger partial charge in [0.2, 0.25) is 5.91 Å². The summed E-state index contributed by atoms with van der Waals surface area (Å²) in [6.07, 6.45) is 0.534. The topological polar surface area (TPSA) is 67.4 Å². The lowest BCUT2D eigenvalue weighted by molar-refractivity contribution is -0.120. The molecule has 144 valence electrons. The number of carbonyl (C=O) groups excluding carboxylic acids is 2. The molecule has 2 amide bonds. The van der Waals surface area contributed by atoms with Crippen LogP contribution in [0.2, 0.25) is 0 Å². The smallest absolute Gasteiger partial charge is 0.387 e. The maximum Gasteiger partial charge on any atom is 0.387 e. The van der Waals surface area contributed by atoms with Crippen molar-refractivity contribution in [3.05, 3.63) is 64.7 Å². The predicted molar refractivity (Wildman–Crippen MR) is 98.0 cm³/mol. The van der Waals surface area contributed by atoms with E-state index in [0.717, 1.165) is 16.7 Å². The van der Waals surface area contributed by atoms with Crippen LogP contribution in [-0.2, 0) is 11.2 Å². The Labute approximate surface area is 156 Å². The van der Waals surface area contributed by atoms with Crippen LogP contribution in [0.15, 0.2) is 42.5 Å². The predicted octanol–water partition coefficient (Wildman–Crippen LogP) is 2.99. The number of carbonyl (C=O) groups is 2. The number of ether oxygens (including phenoxy) is 1. The Hall–Kier alpha value is -2.96. The van der Waals surface area contributed by atoms with E-state index in [0.29, 0.717) is 18.5 Å². The van der Waals surface area contributed by atoms with Crippen LogP contribution in [0.25, 0.3) is 0 Å². The van der Waals surface area contributed by atoms with Gasteiger partial charge in [0.15, 0.2) is 0 Å². The summed E-state index contributed by atoms with van der Waals surface area (Å²) in [5, 5.41) is 5.28. The Balaban J connectivity index is 1.71. The summed E-state index contributed by atoms with van der Waals surface area (Å²) in [4.78, 5) is 23.9. The molecule has 2 rings (SSSR count). The van der Waals surface area contributed by atoms with Crippen molar-refractivity contribution < 1.29 is 23.1 Å². The van der Waals surface area contributed by atoms with E-state index < -0.39 is 6.61 Å². The SMILES string of the molecule is Cc1ccc(C(=O)NCC(=O)NCCc2ccc(OC(F)F)cc2)cc1C. The van der Waals surface area contributed by atoms with Crippen molar-refractivity contribution in [2.24, 2.45) is 0 Å². The lowest BCUT2D eigenvalue weighted by atomic mass is 10.1. The lowest BCUT2D eigenvalue weighted by Gasteiger charge is -2.09. The van der Waals surface area contributed by atoms with Gasteiger partial charge in [0.1, 0.15) is 5.75 Å². The molecule has 0 heterocycles. The zero-order valence-electron chi connectivity index (χ0n) is 15.2. The number of hydrogen-bond acceptors (Lipinski definition) is 3. The fourth-order valence-corrected chi connectivity index (χ4v) is 2.39. The minimum atomic E-state index is -2.85. The Morgan fingerprint density at radius 3 is 2.33 bits per heavy atom. The van der Waals surface area contributed by atoms with Crippen molar-refractivity contribution in [3.63, 3.8) is 0 Å². The lowest BCUT2D eigenvalue weighted by Crippen LogP contribution is -2.37. The van der Waals surface area contributed by atoms with Gasteiger partial charge in [0.05, 0.1) is 6.54 Å². The standard InChI is InChI=1S/C20H22F2N2O3/c1-13-3-6-16(11-14(13)2)19(26)24-12-18(25)23-10-9-15-4-7-17(8-5-15)27-20(21)22/h3-8,11,20H,9-10,12H2,1-2H3,(H,23,25)(H,24,26). The van der Waals surface area contributed by atoms with Crippen molar-refractivity contribution in [2.75, 3.05) is 13.1 Å². The summed E-state index contributed by atoms with van der Waals surface area (Å²) < 4.78 is 28.4. The monoisotopic (exact) mass is 376 g/mol. The molecule has 27 heavy (non-hydrogen) atoms. The summed E-state index contributed by atoms with van der Waals surface area (Å²) in [7, 11) is 0. The van der Waals surface area contributed by atoms with Crippen molar-refractivity contribution in [2.45, 2.75) is 26.9 Å². The number of amides is 2. The maximum atomic E-state index is 12.1. The average molecular weight is 376 g/mol. The second-order valence-corrected chi connectivity index (χ2v) is 6.10. The summed E-state index contributed by atoms with van der Waals surface area (Å²) >= 11 is 0. The van der Waals surface area contributed by atoms with Gasteiger partial charge in [-0.1, -0.05) is 18.2 Å². The zero-order valence-corrected chi connectivity index (χ0v) is 15.2. The first-order chi connectivity index (χ1) is 12.8. The number of nitrogens with one attached hydrogen (secondary N) is 2. The molecule has 2 N–H and O–H groups in total. The number of alkyl halides is 2. The summed E-state index contributed by atoms with van der Waals surface area (Å²) in [5.74, 6) is -0.514. The molecule has 0 atom stereocenters. The van der Waals surface area contributed by atoms with E-state index in [1.165, 1.54) is 12.1 Å². The minimum absolute atomic E-state index is 0.0897. The molecule has 0 saturated carbocycles. The van der Waals surface area contributed by atoms with Crippen molar-refractivity contribution in [3.8, 4) is 5.75 Å². The molecule has 0 aliphatic rings. The number of hydrogen-bond donors (Lipinski definition) is 2. The fourth-order valence-electron chi connectivity index (χ4n) is 2.39. The zero-order chi connectivity index (χ0) is 19.8. The molecule has 0 aromatic heterocycles. The molecule has 0 aliphatic carbocycles. The first-order valence-electron chi connectivity index (χ1n) is 8.51. The Kier molecular flexibility index (Phi) is 7.28. The van der Waals surface area contributed by atoms with Crippen LogP contribution in [0.1, 0.15) is 27.0 Å². The van der Waals surface area contributed by atoms with Gasteiger partial charge in [-0.2, -0.15) is 8.78 Å². The van der Waals surface area contributed by atoms with Crippen LogP contribution in [0.4, 0.5) is 8.78 Å². The van der Waals surface area contributed by atoms with Crippen LogP contribution < -0.4 is 15.4 Å². The van der Waals surface area contributed by atoms with Gasteiger partial charge in [0, 0.05) is 12.1 Å². The van der Waals surface area contributed by atoms with Crippen LogP contribution in [0.5, 0.6) is 5.75 Å². The van der Waals surface area contributed by atoms with Crippen LogP contribution in [0, 0.1) is 13.8 Å². The number of aryl methyl sites for hydroxylation is 2. The molecule has 2 aromatic carbocycles. The summed E-state index contributed by atoms with van der Waals surface area (Å²) in [6, 6.07) is 11.6. The molecule has 0 bridgehead atoms. The van der Waals surface area contributed by atoms with Crippen LogP contribution in [-0.4, -0.2) is 31.5 Å². The summed E-state index contributed by atoms with van der Waals surface area (Å²) in [6.45, 7) is 1.28.